The Morgan fingerprint density at radius 2 is 1.16 bits per heavy atom. The number of hydrogen-bond acceptors (Lipinski definition) is 3. The molecule has 3 nitrogen and oxygen atoms in total. The van der Waals surface area contributed by atoms with Gasteiger partial charge >= 0.3 is 98.3 Å². The van der Waals surface area contributed by atoms with E-state index >= 15 is 0 Å². The Bertz CT molecular complexity index is 1150. The van der Waals surface area contributed by atoms with E-state index in [4.69, 9.17) is 19.4 Å². The third-order valence-electron chi connectivity index (χ3n) is 6.47. The molecule has 1 aliphatic rings. The average Bonchev–Trinajstić information content (AvgIpc) is 3.20. The van der Waals surface area contributed by atoms with Gasteiger partial charge < -0.3 is 9.80 Å². The molecule has 202 valence electrons. The Kier molecular flexibility index (Phi) is 10.8. The van der Waals surface area contributed by atoms with Crippen LogP contribution in [0.5, 0.6) is 0 Å². The van der Waals surface area contributed by atoms with Crippen LogP contribution in [0.4, 0.5) is 11.4 Å². The van der Waals surface area contributed by atoms with Gasteiger partial charge in [-0.05, 0) is 63.8 Å². The number of hydrogen-bond donors (Lipinski definition) is 0. The van der Waals surface area contributed by atoms with Crippen LogP contribution in [0.3, 0.4) is 0 Å². The first-order chi connectivity index (χ1) is 17.4. The zero-order valence-corrected chi connectivity index (χ0v) is 26.6. The Morgan fingerprint density at radius 1 is 0.730 bits per heavy atom. The minimum atomic E-state index is -1.58. The van der Waals surface area contributed by atoms with Gasteiger partial charge in [0, 0.05) is 24.5 Å². The summed E-state index contributed by atoms with van der Waals surface area (Å²) in [6.07, 6.45) is 1.87. The number of rotatable bonds is 5. The summed E-state index contributed by atoms with van der Waals surface area (Å²) in [5.41, 5.74) is 14.3. The van der Waals surface area contributed by atoms with Gasteiger partial charge in [0.2, 0.25) is 0 Å². The molecule has 0 bridgehead atoms. The molecule has 0 aliphatic carbocycles. The van der Waals surface area contributed by atoms with Gasteiger partial charge in [-0.2, -0.15) is 6.67 Å². The zero-order valence-electron chi connectivity index (χ0n) is 23.4. The first-order valence-electron chi connectivity index (χ1n) is 12.7. The Morgan fingerprint density at radius 3 is 1.57 bits per heavy atom. The summed E-state index contributed by atoms with van der Waals surface area (Å²) in [6, 6.07) is 13.3. The van der Waals surface area contributed by atoms with Crippen molar-refractivity contribution in [3.05, 3.63) is 93.4 Å². The molecule has 1 fully saturated rings. The second kappa shape index (κ2) is 13.4. The van der Waals surface area contributed by atoms with E-state index < -0.39 is 13.5 Å². The third kappa shape index (κ3) is 8.37. The number of pyridine rings is 1. The molecule has 0 amide bonds. The average molecular weight is 627 g/mol. The van der Waals surface area contributed by atoms with Gasteiger partial charge in [-0.3, -0.25) is 0 Å². The predicted molar refractivity (Wildman–Crippen MR) is 160 cm³/mol. The molecule has 0 spiro atoms. The van der Waals surface area contributed by atoms with Gasteiger partial charge in [-0.25, -0.2) is 0 Å². The van der Waals surface area contributed by atoms with Crippen molar-refractivity contribution in [1.82, 2.24) is 4.98 Å². The number of halogens is 2. The summed E-state index contributed by atoms with van der Waals surface area (Å²) in [5.74, 6) is 0. The molecular weight excluding hydrogens is 586 g/mol. The van der Waals surface area contributed by atoms with E-state index in [0.29, 0.717) is 0 Å². The van der Waals surface area contributed by atoms with Crippen LogP contribution in [0.2, 0.25) is 0 Å². The fourth-order valence-electron chi connectivity index (χ4n) is 5.42. The van der Waals surface area contributed by atoms with E-state index in [2.05, 4.69) is 106 Å². The fourth-order valence-corrected chi connectivity index (χ4v) is 6.96. The van der Waals surface area contributed by atoms with Crippen LogP contribution in [0, 0.1) is 62.1 Å². The first-order valence-corrected chi connectivity index (χ1v) is 18.2. The molecule has 2 aromatic carbocycles. The summed E-state index contributed by atoms with van der Waals surface area (Å²) in [7, 11) is 11.5. The molecule has 37 heavy (non-hydrogen) atoms. The monoisotopic (exact) mass is 626 g/mol. The molecule has 0 radical (unpaired) electrons. The van der Waals surface area contributed by atoms with Crippen molar-refractivity contribution in [3.63, 3.8) is 0 Å². The summed E-state index contributed by atoms with van der Waals surface area (Å²) in [6.45, 7) is 21.7. The van der Waals surface area contributed by atoms with Gasteiger partial charge in [0.15, 0.2) is 0 Å². The summed E-state index contributed by atoms with van der Waals surface area (Å²) < 4.78 is 2.02. The van der Waals surface area contributed by atoms with Crippen molar-refractivity contribution in [3.8, 4) is 0 Å². The molecule has 3 aromatic rings. The Balaban J connectivity index is 0.000000233. The second-order valence-electron chi connectivity index (χ2n) is 10.2. The van der Waals surface area contributed by atoms with E-state index in [9.17, 15) is 0 Å². The quantitative estimate of drug-likeness (QED) is 0.210. The standard InChI is InChI=1S/C21H27N2.C10H13N.2ClH.Ru/c1-14-9-16(3)20(17(4)10-14)22-7-8-23(13-22)21-18(5)11-15(2)12-19(21)6;1-4-5-10-7-8(2)6-9(3)11-10;;;/h9-13H,7-8H2,1-6H3;1,6-7H,4-5H2,2-3H3;2*1H;/q-1;;;;+2/p-2. The Labute approximate surface area is 237 Å². The van der Waals surface area contributed by atoms with Crippen LogP contribution in [0.1, 0.15) is 56.8 Å². The number of anilines is 2. The zero-order chi connectivity index (χ0) is 27.3. The van der Waals surface area contributed by atoms with Crippen molar-refractivity contribution in [2.24, 2.45) is 0 Å². The molecule has 0 N–H and O–H groups in total. The summed E-state index contributed by atoms with van der Waals surface area (Å²) >= 11 is -1.58. The topological polar surface area (TPSA) is 19.4 Å². The van der Waals surface area contributed by atoms with Crippen molar-refractivity contribution in [2.75, 3.05) is 22.9 Å². The van der Waals surface area contributed by atoms with Gasteiger partial charge in [-0.15, -0.1) is 0 Å². The molecule has 0 atom stereocenters. The van der Waals surface area contributed by atoms with Crippen molar-refractivity contribution < 1.29 is 13.5 Å². The predicted octanol–water partition coefficient (Wildman–Crippen LogP) is 8.34. The molecule has 1 aromatic heterocycles. The van der Waals surface area contributed by atoms with Crippen molar-refractivity contribution >= 4 is 35.4 Å². The molecule has 0 saturated carbocycles. The first kappa shape index (κ1) is 29.8. The van der Waals surface area contributed by atoms with Crippen molar-refractivity contribution in [2.45, 2.75) is 68.2 Å². The van der Waals surface area contributed by atoms with Crippen LogP contribution in [0.25, 0.3) is 0 Å². The maximum absolute atomic E-state index is 5.74. The minimum absolute atomic E-state index is 0.932. The van der Waals surface area contributed by atoms with E-state index in [1.807, 2.05) is 11.5 Å². The SMILES string of the molecule is Cc1cc(C)c(N2[CH-]N(c3c(C)cc(C)cc3C)CC2)c(C)c1.Cc1cc(C)nc(CC[CH]=[Ru]([Cl])[Cl])c1. The molecule has 0 unspecified atom stereocenters. The van der Waals surface area contributed by atoms with E-state index in [1.165, 1.54) is 50.3 Å². The number of aromatic nitrogens is 1. The van der Waals surface area contributed by atoms with Crippen LogP contribution in [-0.4, -0.2) is 22.7 Å². The van der Waals surface area contributed by atoms with Gasteiger partial charge in [0.25, 0.3) is 0 Å². The number of aryl methyl sites for hydroxylation is 9. The van der Waals surface area contributed by atoms with Crippen LogP contribution < -0.4 is 9.80 Å². The molecule has 1 aliphatic heterocycles. The van der Waals surface area contributed by atoms with Gasteiger partial charge in [0.05, 0.1) is 0 Å². The van der Waals surface area contributed by atoms with Gasteiger partial charge in [-0.1, -0.05) is 35.4 Å². The molecular formula is C31H40Cl2N3Ru-. The normalized spacial score (nSPS) is 13.4. The fraction of sp³-hybridized carbons (Fsp3) is 0.387. The maximum atomic E-state index is 5.74. The number of benzene rings is 2. The van der Waals surface area contributed by atoms with Crippen molar-refractivity contribution in [1.29, 1.82) is 0 Å². The van der Waals surface area contributed by atoms with Crippen LogP contribution in [-0.2, 0) is 19.9 Å². The molecule has 2 heterocycles. The van der Waals surface area contributed by atoms with Gasteiger partial charge in [0.1, 0.15) is 0 Å². The third-order valence-corrected chi connectivity index (χ3v) is 8.80. The van der Waals surface area contributed by atoms with Crippen LogP contribution >= 0.6 is 19.4 Å². The molecule has 1 saturated heterocycles. The number of nitrogens with zero attached hydrogens (tertiary/aromatic N) is 3. The van der Waals surface area contributed by atoms with E-state index in [0.717, 1.165) is 37.3 Å². The molecule has 6 heteroatoms. The molecule has 4 rings (SSSR count). The summed E-state index contributed by atoms with van der Waals surface area (Å²) in [5, 5.41) is 0. The van der Waals surface area contributed by atoms with E-state index in [-0.39, 0.29) is 0 Å². The van der Waals surface area contributed by atoms with Crippen LogP contribution in [0.15, 0.2) is 36.4 Å². The van der Waals surface area contributed by atoms with E-state index in [1.54, 1.807) is 0 Å². The Hall–Kier alpha value is -1.74. The summed E-state index contributed by atoms with van der Waals surface area (Å²) in [4.78, 5) is 9.25. The second-order valence-corrected chi connectivity index (χ2v) is 16.1.